The lowest BCUT2D eigenvalue weighted by molar-refractivity contribution is -0.00000557. The van der Waals surface area contributed by atoms with E-state index < -0.39 is 0 Å². The summed E-state index contributed by atoms with van der Waals surface area (Å²) in [5.41, 5.74) is 4.29. The predicted octanol–water partition coefficient (Wildman–Crippen LogP) is 1.22. The fourth-order valence-corrected chi connectivity index (χ4v) is 3.96. The maximum Gasteiger partial charge on any atom is 0.160 e. The second-order valence-corrected chi connectivity index (χ2v) is 7.09. The van der Waals surface area contributed by atoms with Gasteiger partial charge in [-0.15, -0.1) is 0 Å². The Morgan fingerprint density at radius 2 is 1.72 bits per heavy atom. The molecular formula is C21H28INO2. The first-order valence-electron chi connectivity index (χ1n) is 8.69. The third kappa shape index (κ3) is 4.11. The summed E-state index contributed by atoms with van der Waals surface area (Å²) in [6.45, 7) is 0. The lowest BCUT2D eigenvalue weighted by Gasteiger charge is -2.42. The Labute approximate surface area is 168 Å². The molecule has 4 heteroatoms. The quantitative estimate of drug-likeness (QED) is 0.501. The van der Waals surface area contributed by atoms with Gasteiger partial charge in [-0.1, -0.05) is 24.3 Å². The Balaban J connectivity index is 0.00000225. The lowest BCUT2D eigenvalue weighted by Crippen LogP contribution is -3.00. The number of aryl methyl sites for hydroxylation is 2. The fourth-order valence-electron chi connectivity index (χ4n) is 3.96. The van der Waals surface area contributed by atoms with Crippen LogP contribution in [0.15, 0.2) is 42.5 Å². The van der Waals surface area contributed by atoms with Crippen molar-refractivity contribution in [2.75, 3.05) is 28.3 Å². The van der Waals surface area contributed by atoms with E-state index in [-0.39, 0.29) is 24.0 Å². The van der Waals surface area contributed by atoms with Gasteiger partial charge in [0.2, 0.25) is 0 Å². The zero-order valence-corrected chi connectivity index (χ0v) is 17.7. The zero-order chi connectivity index (χ0) is 17.2. The number of halogens is 1. The average molecular weight is 453 g/mol. The number of hydrogen-bond donors (Lipinski definition) is 0. The molecule has 0 aromatic heterocycles. The lowest BCUT2D eigenvalue weighted by atomic mass is 9.90. The third-order valence-electron chi connectivity index (χ3n) is 5.49. The third-order valence-corrected chi connectivity index (χ3v) is 5.49. The molecule has 0 spiro atoms. The first kappa shape index (κ1) is 20.0. The maximum absolute atomic E-state index is 5.43. The van der Waals surface area contributed by atoms with Crippen molar-refractivity contribution in [3.8, 4) is 11.5 Å². The molecule has 3 nitrogen and oxygen atoms in total. The number of benzene rings is 2. The molecule has 1 atom stereocenters. The maximum atomic E-state index is 5.43. The molecule has 1 aliphatic heterocycles. The summed E-state index contributed by atoms with van der Waals surface area (Å²) >= 11 is 0. The van der Waals surface area contributed by atoms with Gasteiger partial charge >= 0.3 is 0 Å². The largest absolute Gasteiger partial charge is 1.00 e. The van der Waals surface area contributed by atoms with Crippen LogP contribution >= 0.6 is 0 Å². The number of ether oxygens (including phenoxy) is 2. The van der Waals surface area contributed by atoms with E-state index in [1.165, 1.54) is 36.1 Å². The zero-order valence-electron chi connectivity index (χ0n) is 15.6. The minimum atomic E-state index is 0. The van der Waals surface area contributed by atoms with E-state index in [1.807, 2.05) is 6.07 Å². The smallest absolute Gasteiger partial charge is 0.160 e. The first-order valence-corrected chi connectivity index (χ1v) is 8.69. The summed E-state index contributed by atoms with van der Waals surface area (Å²) < 4.78 is 11.7. The Bertz CT molecular complexity index is 715. The molecular weight excluding hydrogens is 425 g/mol. The highest BCUT2D eigenvalue weighted by Crippen LogP contribution is 2.36. The number of hydrogen-bond acceptors (Lipinski definition) is 2. The average Bonchev–Trinajstić information content (AvgIpc) is 2.61. The van der Waals surface area contributed by atoms with Crippen LogP contribution < -0.4 is 37.9 Å². The van der Waals surface area contributed by atoms with Gasteiger partial charge in [0.15, 0.2) is 11.5 Å². The van der Waals surface area contributed by atoms with Crippen molar-refractivity contribution in [3.05, 3.63) is 53.6 Å². The van der Waals surface area contributed by atoms with E-state index in [2.05, 4.69) is 50.5 Å². The second-order valence-electron chi connectivity index (χ2n) is 7.09. The molecule has 1 aliphatic rings. The standard InChI is InChI=1S/C21H28NO2.HI/c1-22(2)18(13-11-17-7-5-6-8-19(17)22)12-9-16-10-14-20(23-3)21(15-16)24-4;/h5-8,10,14-15,18H,9,11-13H2,1-4H3;1H/q+1;/p-1/t18-;/m0./s1. The minimum Gasteiger partial charge on any atom is -1.00 e. The van der Waals surface area contributed by atoms with Crippen LogP contribution in [0.5, 0.6) is 11.5 Å². The number of para-hydroxylation sites is 1. The molecule has 0 amide bonds. The number of quaternary nitrogens is 1. The van der Waals surface area contributed by atoms with Crippen molar-refractivity contribution < 1.29 is 33.5 Å². The summed E-state index contributed by atoms with van der Waals surface area (Å²) in [6.07, 6.45) is 4.68. The highest BCUT2D eigenvalue weighted by molar-refractivity contribution is 5.52. The van der Waals surface area contributed by atoms with Crippen LogP contribution in [-0.4, -0.2) is 34.4 Å². The molecule has 0 radical (unpaired) electrons. The van der Waals surface area contributed by atoms with Crippen LogP contribution in [0.2, 0.25) is 0 Å². The molecule has 2 aromatic rings. The topological polar surface area (TPSA) is 18.5 Å². The summed E-state index contributed by atoms with van der Waals surface area (Å²) in [7, 11) is 8.06. The van der Waals surface area contributed by atoms with Gasteiger partial charge in [-0.2, -0.15) is 0 Å². The van der Waals surface area contributed by atoms with Crippen LogP contribution in [0.4, 0.5) is 5.69 Å². The molecule has 0 bridgehead atoms. The van der Waals surface area contributed by atoms with E-state index in [9.17, 15) is 0 Å². The van der Waals surface area contributed by atoms with Gasteiger partial charge in [-0.05, 0) is 36.6 Å². The Morgan fingerprint density at radius 3 is 2.44 bits per heavy atom. The van der Waals surface area contributed by atoms with Gasteiger partial charge in [-0.25, -0.2) is 0 Å². The van der Waals surface area contributed by atoms with E-state index >= 15 is 0 Å². The van der Waals surface area contributed by atoms with Gasteiger partial charge in [0.05, 0.1) is 34.4 Å². The van der Waals surface area contributed by atoms with E-state index in [0.29, 0.717) is 6.04 Å². The summed E-state index contributed by atoms with van der Waals surface area (Å²) in [4.78, 5) is 0. The molecule has 25 heavy (non-hydrogen) atoms. The molecule has 1 heterocycles. The molecule has 0 unspecified atom stereocenters. The predicted molar refractivity (Wildman–Crippen MR) is 100 cm³/mol. The molecule has 0 fully saturated rings. The fraction of sp³-hybridized carbons (Fsp3) is 0.429. The van der Waals surface area contributed by atoms with Crippen molar-refractivity contribution in [1.82, 2.24) is 4.48 Å². The van der Waals surface area contributed by atoms with Gasteiger partial charge in [-0.3, -0.25) is 4.48 Å². The molecule has 2 aromatic carbocycles. The van der Waals surface area contributed by atoms with Crippen molar-refractivity contribution in [3.63, 3.8) is 0 Å². The first-order chi connectivity index (χ1) is 11.6. The number of methoxy groups -OCH3 is 2. The van der Waals surface area contributed by atoms with Crippen molar-refractivity contribution in [2.24, 2.45) is 0 Å². The molecule has 0 N–H and O–H groups in total. The van der Waals surface area contributed by atoms with Crippen molar-refractivity contribution in [2.45, 2.75) is 31.7 Å². The Morgan fingerprint density at radius 1 is 1.00 bits per heavy atom. The number of fused-ring (bicyclic) bond motifs is 1. The number of nitrogens with zero attached hydrogens (tertiary/aromatic N) is 1. The Hall–Kier alpha value is -1.27. The van der Waals surface area contributed by atoms with Gasteiger partial charge in [0.25, 0.3) is 0 Å². The monoisotopic (exact) mass is 453 g/mol. The van der Waals surface area contributed by atoms with Crippen molar-refractivity contribution >= 4 is 5.69 Å². The van der Waals surface area contributed by atoms with Crippen LogP contribution in [-0.2, 0) is 12.8 Å². The minimum absolute atomic E-state index is 0. The highest BCUT2D eigenvalue weighted by Gasteiger charge is 2.35. The molecule has 136 valence electrons. The molecule has 3 rings (SSSR count). The second kappa shape index (κ2) is 8.41. The van der Waals surface area contributed by atoms with Gasteiger partial charge < -0.3 is 33.5 Å². The van der Waals surface area contributed by atoms with Crippen molar-refractivity contribution in [1.29, 1.82) is 0 Å². The summed E-state index contributed by atoms with van der Waals surface area (Å²) in [5, 5.41) is 0. The summed E-state index contributed by atoms with van der Waals surface area (Å²) in [6, 6.07) is 15.8. The number of rotatable bonds is 5. The van der Waals surface area contributed by atoms with E-state index in [1.54, 1.807) is 14.2 Å². The van der Waals surface area contributed by atoms with Crippen LogP contribution in [0.3, 0.4) is 0 Å². The molecule has 0 saturated heterocycles. The van der Waals surface area contributed by atoms with Crippen LogP contribution in [0.1, 0.15) is 24.0 Å². The normalized spacial score (nSPS) is 18.0. The SMILES string of the molecule is COc1ccc(CC[C@H]2CCc3ccccc3[N+]2(C)C)cc1OC.[I-]. The molecule has 0 aliphatic carbocycles. The van der Waals surface area contributed by atoms with E-state index in [4.69, 9.17) is 9.47 Å². The van der Waals surface area contributed by atoms with Gasteiger partial charge in [0.1, 0.15) is 5.69 Å². The summed E-state index contributed by atoms with van der Waals surface area (Å²) in [5.74, 6) is 1.61. The van der Waals surface area contributed by atoms with Crippen LogP contribution in [0.25, 0.3) is 0 Å². The highest BCUT2D eigenvalue weighted by atomic mass is 127. The van der Waals surface area contributed by atoms with Gasteiger partial charge in [0, 0.05) is 18.4 Å². The molecule has 0 saturated carbocycles. The van der Waals surface area contributed by atoms with Crippen LogP contribution in [0, 0.1) is 0 Å². The van der Waals surface area contributed by atoms with E-state index in [0.717, 1.165) is 22.4 Å². The Kier molecular flexibility index (Phi) is 6.74.